The molecule has 0 bridgehead atoms. The van der Waals surface area contributed by atoms with Gasteiger partial charge in [0.15, 0.2) is 5.78 Å². The predicted molar refractivity (Wildman–Crippen MR) is 211 cm³/mol. The average molecular weight is 804 g/mol. The quantitative estimate of drug-likeness (QED) is 0.109. The van der Waals surface area contributed by atoms with Crippen LogP contribution in [-0.2, 0) is 25.5 Å². The van der Waals surface area contributed by atoms with Crippen LogP contribution in [0, 0.1) is 8.99 Å². The minimum Gasteiger partial charge on any atom is -0.448 e. The van der Waals surface area contributed by atoms with Crippen LogP contribution in [0.1, 0.15) is 62.6 Å². The summed E-state index contributed by atoms with van der Waals surface area (Å²) in [6, 6.07) is 22.1. The van der Waals surface area contributed by atoms with E-state index in [0.29, 0.717) is 12.8 Å². The fraction of sp³-hybridized carbons (Fsp3) is 0.381. The van der Waals surface area contributed by atoms with Crippen LogP contribution in [0.15, 0.2) is 98.1 Å². The van der Waals surface area contributed by atoms with Crippen LogP contribution in [0.5, 0.6) is 0 Å². The van der Waals surface area contributed by atoms with Gasteiger partial charge in [0.05, 0.1) is 6.54 Å². The van der Waals surface area contributed by atoms with Crippen molar-refractivity contribution in [1.29, 1.82) is 0 Å². The molecule has 0 aliphatic heterocycles. The number of carbonyl (C=O) groups excluding carboxylic acids is 4. The Labute approximate surface area is 316 Å². The fourth-order valence-corrected chi connectivity index (χ4v) is 7.03. The number of nitrogens with zero attached hydrogens (tertiary/aromatic N) is 3. The second-order valence-corrected chi connectivity index (χ2v) is 15.6. The van der Waals surface area contributed by atoms with Gasteiger partial charge in [-0.15, -0.1) is 13.2 Å². The first-order valence-corrected chi connectivity index (χ1v) is 18.4. The number of ketones is 1. The first-order valence-electron chi connectivity index (χ1n) is 17.4. The number of hydrogen-bond acceptors (Lipinski definition) is 5. The number of hydrogen-bond donors (Lipinski definition) is 0. The molecule has 0 N–H and O–H groups in total. The Bertz CT molecular complexity index is 1690. The fourth-order valence-electron chi connectivity index (χ4n) is 6.67. The van der Waals surface area contributed by atoms with Gasteiger partial charge in [0.1, 0.15) is 18.7 Å². The van der Waals surface area contributed by atoms with Crippen LogP contribution >= 0.6 is 22.6 Å². The van der Waals surface area contributed by atoms with Crippen molar-refractivity contribution in [2.45, 2.75) is 64.5 Å². The van der Waals surface area contributed by atoms with E-state index in [1.807, 2.05) is 69.3 Å². The van der Waals surface area contributed by atoms with Gasteiger partial charge in [-0.1, -0.05) is 93.6 Å². The van der Waals surface area contributed by atoms with Gasteiger partial charge in [-0.25, -0.2) is 4.79 Å². The van der Waals surface area contributed by atoms with Crippen molar-refractivity contribution in [2.75, 3.05) is 33.8 Å². The number of rotatable bonds is 16. The van der Waals surface area contributed by atoms with Gasteiger partial charge in [-0.3, -0.25) is 19.3 Å². The molecule has 2 atom stereocenters. The smallest absolute Gasteiger partial charge is 0.410 e. The summed E-state index contributed by atoms with van der Waals surface area (Å²) in [7, 11) is 3.15. The van der Waals surface area contributed by atoms with Gasteiger partial charge in [-0.05, 0) is 80.8 Å². The van der Waals surface area contributed by atoms with Gasteiger partial charge in [-0.2, -0.15) is 0 Å². The maximum atomic E-state index is 14.7. The average Bonchev–Trinajstić information content (AvgIpc) is 3.41. The first kappa shape index (κ1) is 39.5. The van der Waals surface area contributed by atoms with Crippen LogP contribution in [0.3, 0.4) is 0 Å². The van der Waals surface area contributed by atoms with Crippen molar-refractivity contribution >= 4 is 46.3 Å². The van der Waals surface area contributed by atoms with Crippen LogP contribution in [-0.4, -0.2) is 84.3 Å². The van der Waals surface area contributed by atoms with Gasteiger partial charge >= 0.3 is 6.09 Å². The topological polar surface area (TPSA) is 87.2 Å². The monoisotopic (exact) mass is 803 g/mol. The van der Waals surface area contributed by atoms with Crippen molar-refractivity contribution < 1.29 is 23.9 Å². The molecular weight excluding hydrogens is 753 g/mol. The molecule has 51 heavy (non-hydrogen) atoms. The summed E-state index contributed by atoms with van der Waals surface area (Å²) in [5.74, 6) is -0.963. The SMILES string of the molecule is C=CCCN(C(=O)[C@H](CC=C)N(C)C(=O)OCC1c2ccccc2-c2ccccc21)[C@@H](Cc1ccc(I)cc1)C(=O)N(C)CC(=O)CC(C)(C)C. The highest BCUT2D eigenvalue weighted by atomic mass is 127. The van der Waals surface area contributed by atoms with Gasteiger partial charge in [0, 0.05) is 43.0 Å². The van der Waals surface area contributed by atoms with E-state index in [1.54, 1.807) is 26.2 Å². The number of fused-ring (bicyclic) bond motifs is 3. The lowest BCUT2D eigenvalue weighted by atomic mass is 9.90. The van der Waals surface area contributed by atoms with Crippen molar-refractivity contribution in [2.24, 2.45) is 5.41 Å². The molecule has 0 saturated heterocycles. The molecule has 1 aliphatic rings. The molecule has 8 nitrogen and oxygen atoms in total. The van der Waals surface area contributed by atoms with E-state index >= 15 is 0 Å². The van der Waals surface area contributed by atoms with E-state index < -0.39 is 24.1 Å². The van der Waals surface area contributed by atoms with Crippen LogP contribution < -0.4 is 0 Å². The minimum atomic E-state index is -0.984. The molecule has 3 aromatic rings. The Balaban J connectivity index is 1.60. The zero-order valence-electron chi connectivity index (χ0n) is 30.4. The number of halogens is 1. The molecule has 0 aromatic heterocycles. The summed E-state index contributed by atoms with van der Waals surface area (Å²) in [6.45, 7) is 13.9. The van der Waals surface area contributed by atoms with Gasteiger partial charge in [0.2, 0.25) is 11.8 Å². The summed E-state index contributed by atoms with van der Waals surface area (Å²) in [5, 5.41) is 0. The zero-order valence-corrected chi connectivity index (χ0v) is 32.6. The van der Waals surface area contributed by atoms with Crippen LogP contribution in [0.25, 0.3) is 11.1 Å². The molecule has 3 amide bonds. The zero-order chi connectivity index (χ0) is 37.3. The van der Waals surface area contributed by atoms with Crippen molar-refractivity contribution in [3.8, 4) is 11.1 Å². The van der Waals surface area contributed by atoms with E-state index in [9.17, 15) is 19.2 Å². The lowest BCUT2D eigenvalue weighted by Gasteiger charge is -2.37. The largest absolute Gasteiger partial charge is 0.448 e. The summed E-state index contributed by atoms with van der Waals surface area (Å²) >= 11 is 2.22. The second-order valence-electron chi connectivity index (χ2n) is 14.4. The Morgan fingerprint density at radius 2 is 1.43 bits per heavy atom. The molecule has 0 unspecified atom stereocenters. The first-order chi connectivity index (χ1) is 24.2. The summed E-state index contributed by atoms with van der Waals surface area (Å²) < 4.78 is 6.97. The third kappa shape index (κ3) is 10.2. The lowest BCUT2D eigenvalue weighted by molar-refractivity contribution is -0.148. The molecule has 0 saturated carbocycles. The highest BCUT2D eigenvalue weighted by Crippen LogP contribution is 2.44. The second kappa shape index (κ2) is 17.8. The van der Waals surface area contributed by atoms with E-state index in [1.165, 1.54) is 14.7 Å². The molecule has 0 fully saturated rings. The number of benzene rings is 3. The highest BCUT2D eigenvalue weighted by molar-refractivity contribution is 14.1. The van der Waals surface area contributed by atoms with Gasteiger partial charge < -0.3 is 14.5 Å². The van der Waals surface area contributed by atoms with Gasteiger partial charge in [0.25, 0.3) is 0 Å². The maximum Gasteiger partial charge on any atom is 0.410 e. The molecule has 1 aliphatic carbocycles. The number of amides is 3. The Kier molecular flexibility index (Phi) is 13.8. The Hall–Kier alpha value is -4.25. The van der Waals surface area contributed by atoms with Crippen molar-refractivity contribution in [3.63, 3.8) is 0 Å². The molecule has 270 valence electrons. The lowest BCUT2D eigenvalue weighted by Crippen LogP contribution is -2.57. The predicted octanol–water partition coefficient (Wildman–Crippen LogP) is 7.90. The summed E-state index contributed by atoms with van der Waals surface area (Å²) in [5.41, 5.74) is 5.05. The molecule has 0 spiro atoms. The molecule has 9 heteroatoms. The Morgan fingerprint density at radius 3 is 1.98 bits per heavy atom. The molecule has 3 aromatic carbocycles. The molecule has 0 heterocycles. The number of likely N-dealkylation sites (N-methyl/N-ethyl adjacent to an activating group) is 2. The van der Waals surface area contributed by atoms with Crippen LogP contribution in [0.2, 0.25) is 0 Å². The van der Waals surface area contributed by atoms with Crippen molar-refractivity contribution in [3.05, 3.63) is 118 Å². The van der Waals surface area contributed by atoms with E-state index in [0.717, 1.165) is 31.4 Å². The standard InChI is InChI=1S/C42H50IN3O5/c1-8-10-24-46(38(25-29-20-22-30(43)23-21-29)39(48)44(6)27-31(47)26-42(3,4)5)40(49)37(15-9-2)45(7)41(50)51-28-36-34-18-13-11-16-32(34)33-17-12-14-19-35(33)36/h8-9,11-14,16-23,36-38H,1-2,10,15,24-28H2,3-7H3/t37-,38-/m0/s1. The van der Waals surface area contributed by atoms with Crippen LogP contribution in [0.4, 0.5) is 4.79 Å². The minimum absolute atomic E-state index is 0.0603. The maximum absolute atomic E-state index is 14.7. The normalized spacial score (nSPS) is 13.3. The number of Topliss-reactive ketones (excluding diaryl/α,β-unsaturated/α-hetero) is 1. The number of carbonyl (C=O) groups is 4. The van der Waals surface area contributed by atoms with Crippen molar-refractivity contribution in [1.82, 2.24) is 14.7 Å². The molecular formula is C42H50IN3O5. The Morgan fingerprint density at radius 1 is 0.843 bits per heavy atom. The van der Waals surface area contributed by atoms with E-state index in [4.69, 9.17) is 4.74 Å². The summed E-state index contributed by atoms with van der Waals surface area (Å²) in [6.07, 6.45) is 3.75. The van der Waals surface area contributed by atoms with E-state index in [2.05, 4.69) is 60.0 Å². The third-order valence-corrected chi connectivity index (χ3v) is 9.86. The third-order valence-electron chi connectivity index (χ3n) is 9.14. The highest BCUT2D eigenvalue weighted by Gasteiger charge is 2.38. The molecule has 0 radical (unpaired) electrons. The number of ether oxygens (including phenoxy) is 1. The summed E-state index contributed by atoms with van der Waals surface area (Å²) in [4.78, 5) is 59.9. The molecule has 4 rings (SSSR count). The van der Waals surface area contributed by atoms with E-state index in [-0.39, 0.29) is 55.6 Å².